The molecular weight excluding hydrogens is 985 g/mol. The van der Waals surface area contributed by atoms with Gasteiger partial charge in [0.2, 0.25) is 30.0 Å². The molecule has 78 heavy (non-hydrogen) atoms. The standard InChI is InChI=1S/C46H83N5O7.C10H12.C5H9NO2.C2H6/c1-15-31(8)41(37(57-13)27-38(53)50-25-22-23-36(50)42(58-14)32(9)33(10)52)49(12)45(56)39(29(4)5)47-43(54)40(30(6)7)48(11)24-20-18-19-21-26-51-44(55)34-28-46(51,17-3)35(34)16-2;1-8-7-10(8)9-5-3-2-4-6-9;7-5-6-3-1-2-4-8-6;1-2/h29-32,34-37,39-42H,15-28H2,1-14H3,(H,47,54);2-6,8,10H,7H2,1H3;5H,1-4H2;1-2H3/t31-,32?,34?,35?,36?,37?,39-,40?,41-,42?,46?;8-,10-;;/m00../s1. The van der Waals surface area contributed by atoms with E-state index in [-0.39, 0.29) is 71.1 Å². The van der Waals surface area contributed by atoms with E-state index in [1.54, 1.807) is 33.1 Å². The normalized spacial score (nSPS) is 24.9. The minimum Gasteiger partial charge on any atom is -0.379 e. The number of likely N-dealkylation sites (tertiary alicyclic amines) is 1. The molecule has 1 aromatic rings. The lowest BCUT2D eigenvalue weighted by Crippen LogP contribution is -2.60. The average molecular weight is 1100 g/mol. The Labute approximate surface area is 473 Å². The van der Waals surface area contributed by atoms with Crippen LogP contribution >= 0.6 is 0 Å². The first-order valence-corrected chi connectivity index (χ1v) is 30.5. The predicted molar refractivity (Wildman–Crippen MR) is 312 cm³/mol. The van der Waals surface area contributed by atoms with Gasteiger partial charge in [0.1, 0.15) is 11.8 Å². The number of unbranched alkanes of at least 4 members (excludes halogenated alkanes) is 3. The lowest BCUT2D eigenvalue weighted by Gasteiger charge is -2.48. The Kier molecular flexibility index (Phi) is 29.6. The van der Waals surface area contributed by atoms with Crippen molar-refractivity contribution < 1.29 is 43.1 Å². The van der Waals surface area contributed by atoms with Gasteiger partial charge in [-0.15, -0.1) is 0 Å². The number of benzene rings is 1. The van der Waals surface area contributed by atoms with Crippen molar-refractivity contribution in [1.29, 1.82) is 0 Å². The van der Waals surface area contributed by atoms with E-state index in [1.807, 2.05) is 60.4 Å². The summed E-state index contributed by atoms with van der Waals surface area (Å²) in [5.41, 5.74) is 1.62. The Bertz CT molecular complexity index is 1970. The molecule has 6 fully saturated rings. The van der Waals surface area contributed by atoms with E-state index >= 15 is 0 Å². The maximum atomic E-state index is 14.5. The number of rotatable bonds is 28. The molecule has 0 radical (unpaired) electrons. The molecule has 15 heteroatoms. The van der Waals surface area contributed by atoms with Gasteiger partial charge in [-0.2, -0.15) is 0 Å². The van der Waals surface area contributed by atoms with Crippen LogP contribution in [-0.4, -0.2) is 163 Å². The van der Waals surface area contributed by atoms with E-state index in [1.165, 1.54) is 17.0 Å². The van der Waals surface area contributed by atoms with Crippen LogP contribution in [0.5, 0.6) is 0 Å². The van der Waals surface area contributed by atoms with E-state index in [4.69, 9.17) is 14.3 Å². The number of carbonyl (C=O) groups excluding carboxylic acids is 6. The van der Waals surface area contributed by atoms with Crippen molar-refractivity contribution in [3.8, 4) is 0 Å². The van der Waals surface area contributed by atoms with Crippen LogP contribution in [0.1, 0.15) is 191 Å². The second-order valence-corrected chi connectivity index (χ2v) is 23.8. The number of amides is 5. The number of ketones is 1. The van der Waals surface area contributed by atoms with Crippen molar-refractivity contribution in [1.82, 2.24) is 30.0 Å². The van der Waals surface area contributed by atoms with Crippen LogP contribution in [-0.2, 0) is 43.1 Å². The maximum absolute atomic E-state index is 14.5. The number of methoxy groups -OCH3 is 2. The highest BCUT2D eigenvalue weighted by molar-refractivity contribution is 5.90. The van der Waals surface area contributed by atoms with E-state index in [9.17, 15) is 28.8 Å². The number of hydrogen-bond acceptors (Lipinski definition) is 10. The molecule has 2 bridgehead atoms. The van der Waals surface area contributed by atoms with Gasteiger partial charge in [0.25, 0.3) is 0 Å². The summed E-state index contributed by atoms with van der Waals surface area (Å²) in [6.07, 6.45) is 12.9. The second kappa shape index (κ2) is 33.7. The fourth-order valence-corrected chi connectivity index (χ4v) is 13.2. The quantitative estimate of drug-likeness (QED) is 0.0633. The summed E-state index contributed by atoms with van der Waals surface area (Å²) < 4.78 is 11.8. The molecule has 13 atom stereocenters. The smallest absolute Gasteiger partial charge is 0.245 e. The highest BCUT2D eigenvalue weighted by atomic mass is 16.7. The molecule has 6 aliphatic rings. The Morgan fingerprint density at radius 3 is 2.04 bits per heavy atom. The van der Waals surface area contributed by atoms with Gasteiger partial charge in [0, 0.05) is 58.3 Å². The first-order valence-electron chi connectivity index (χ1n) is 30.5. The maximum Gasteiger partial charge on any atom is 0.245 e. The molecule has 0 spiro atoms. The predicted octanol–water partition coefficient (Wildman–Crippen LogP) is 10.2. The van der Waals surface area contributed by atoms with Gasteiger partial charge in [-0.25, -0.2) is 5.06 Å². The van der Waals surface area contributed by atoms with Crippen LogP contribution in [0, 0.1) is 41.4 Å². The highest BCUT2D eigenvalue weighted by Gasteiger charge is 2.66. The van der Waals surface area contributed by atoms with Crippen LogP contribution in [0.4, 0.5) is 0 Å². The summed E-state index contributed by atoms with van der Waals surface area (Å²) >= 11 is 0. The third-order valence-corrected chi connectivity index (χ3v) is 18.1. The lowest BCUT2D eigenvalue weighted by molar-refractivity contribution is -0.182. The zero-order chi connectivity index (χ0) is 58.4. The molecule has 2 aliphatic carbocycles. The van der Waals surface area contributed by atoms with Gasteiger partial charge in [-0.3, -0.25) is 38.5 Å². The molecule has 1 N–H and O–H groups in total. The van der Waals surface area contributed by atoms with Crippen molar-refractivity contribution in [3.05, 3.63) is 35.9 Å². The van der Waals surface area contributed by atoms with Gasteiger partial charge >= 0.3 is 0 Å². The largest absolute Gasteiger partial charge is 0.379 e. The monoisotopic (exact) mass is 1090 g/mol. The molecule has 1 aromatic carbocycles. The van der Waals surface area contributed by atoms with Crippen LogP contribution in [0.3, 0.4) is 0 Å². The molecule has 7 rings (SSSR count). The van der Waals surface area contributed by atoms with Gasteiger partial charge in [0.15, 0.2) is 0 Å². The average Bonchev–Trinajstić information content (AvgIpc) is 4.00. The molecule has 446 valence electrons. The van der Waals surface area contributed by atoms with Gasteiger partial charge in [-0.1, -0.05) is 139 Å². The summed E-state index contributed by atoms with van der Waals surface area (Å²) in [5.74, 6) is 2.05. The van der Waals surface area contributed by atoms with Gasteiger partial charge in [0.05, 0.1) is 43.4 Å². The number of nitrogens with zero attached hydrogens (tertiary/aromatic N) is 5. The first kappa shape index (κ1) is 68.4. The minimum atomic E-state index is -0.761. The fraction of sp³-hybridized carbons (Fsp3) is 0.810. The summed E-state index contributed by atoms with van der Waals surface area (Å²) in [7, 11) is 6.95. The summed E-state index contributed by atoms with van der Waals surface area (Å²) in [4.78, 5) is 90.6. The third kappa shape index (κ3) is 17.8. The fourth-order valence-electron chi connectivity index (χ4n) is 13.2. The summed E-state index contributed by atoms with van der Waals surface area (Å²) in [6, 6.07) is 9.00. The number of ether oxygens (including phenoxy) is 2. The molecular formula is C63H110N6O9. The lowest BCUT2D eigenvalue weighted by atomic mass is 9.60. The Morgan fingerprint density at radius 1 is 0.885 bits per heavy atom. The molecule has 15 nitrogen and oxygen atoms in total. The molecule has 0 aromatic heterocycles. The van der Waals surface area contributed by atoms with Crippen LogP contribution in [0.15, 0.2) is 30.3 Å². The topological polar surface area (TPSA) is 158 Å². The van der Waals surface area contributed by atoms with E-state index in [2.05, 4.69) is 80.1 Å². The third-order valence-electron chi connectivity index (χ3n) is 18.1. The number of hydroxylamine groups is 2. The molecule has 4 aliphatic heterocycles. The highest BCUT2D eigenvalue weighted by Crippen LogP contribution is 2.59. The number of carbonyl (C=O) groups is 6. The number of hydrogen-bond donors (Lipinski definition) is 1. The van der Waals surface area contributed by atoms with Crippen LogP contribution in [0.25, 0.3) is 0 Å². The number of nitrogens with one attached hydrogen (secondary N) is 1. The molecule has 2 saturated carbocycles. The van der Waals surface area contributed by atoms with E-state index in [0.29, 0.717) is 25.0 Å². The summed E-state index contributed by atoms with van der Waals surface area (Å²) in [6.45, 7) is 29.9. The van der Waals surface area contributed by atoms with Crippen molar-refractivity contribution in [3.63, 3.8) is 0 Å². The van der Waals surface area contributed by atoms with Crippen molar-refractivity contribution >= 4 is 35.8 Å². The van der Waals surface area contributed by atoms with Crippen molar-refractivity contribution in [2.45, 2.75) is 228 Å². The summed E-state index contributed by atoms with van der Waals surface area (Å²) in [5, 5.41) is 4.50. The van der Waals surface area contributed by atoms with Gasteiger partial charge < -0.3 is 29.5 Å². The molecule has 5 amide bonds. The second-order valence-electron chi connectivity index (χ2n) is 23.8. The first-order chi connectivity index (χ1) is 37.2. The Balaban J connectivity index is 0.000000658. The number of Topliss-reactive ketones (excluding diaryl/α,β-unsaturated/α-hetero) is 1. The van der Waals surface area contributed by atoms with Gasteiger partial charge in [-0.05, 0) is 119 Å². The van der Waals surface area contributed by atoms with Crippen molar-refractivity contribution in [2.75, 3.05) is 61.1 Å². The zero-order valence-corrected chi connectivity index (χ0v) is 51.9. The van der Waals surface area contributed by atoms with Crippen molar-refractivity contribution in [2.24, 2.45) is 41.4 Å². The SMILES string of the molecule is CC.CCC1C2CC1(CC)N(CCCCCCN(C)C(C(=O)N[C@H](C(=O)N(C)[C@H](C(CC(=O)N1CCCC1C(OC)C(C)C(C)=O)OC)[C@@H](C)CC)C(C)C)C(C)C)C2=O.C[C@H]1C[C@@H]1c1ccccc1.O=CN1CCCCO1. The number of likely N-dealkylation sites (N-methyl/N-ethyl adjacent to an activating group) is 2. The molecule has 4 saturated heterocycles. The van der Waals surface area contributed by atoms with Crippen LogP contribution in [0.2, 0.25) is 0 Å². The zero-order valence-electron chi connectivity index (χ0n) is 51.9. The molecule has 8 unspecified atom stereocenters. The Morgan fingerprint density at radius 2 is 1.54 bits per heavy atom. The molecule has 4 heterocycles. The Hall–Kier alpha value is -3.92. The minimum absolute atomic E-state index is 0.00562. The van der Waals surface area contributed by atoms with Crippen LogP contribution < -0.4 is 5.32 Å². The van der Waals surface area contributed by atoms with E-state index < -0.39 is 30.3 Å². The van der Waals surface area contributed by atoms with E-state index in [0.717, 1.165) is 115 Å². The number of fused-ring (bicyclic) bond motifs is 1.